The van der Waals surface area contributed by atoms with Crippen LogP contribution in [0.2, 0.25) is 0 Å². The summed E-state index contributed by atoms with van der Waals surface area (Å²) in [5.41, 5.74) is 0. The summed E-state index contributed by atoms with van der Waals surface area (Å²) in [5, 5.41) is 0. The Morgan fingerprint density at radius 3 is 1.28 bits per heavy atom. The zero-order valence-corrected chi connectivity index (χ0v) is 14.7. The van der Waals surface area contributed by atoms with E-state index in [0.29, 0.717) is 0 Å². The second-order valence-corrected chi connectivity index (χ2v) is 11.6. The van der Waals surface area contributed by atoms with Crippen molar-refractivity contribution in [3.05, 3.63) is 0 Å². The fourth-order valence-electron chi connectivity index (χ4n) is 3.11. The molecule has 0 heterocycles. The van der Waals surface area contributed by atoms with Gasteiger partial charge in [-0.15, -0.1) is 0 Å². The van der Waals surface area contributed by atoms with E-state index >= 15 is 0 Å². The molecule has 0 unspecified atom stereocenters. The zero-order valence-electron chi connectivity index (χ0n) is 13.7. The van der Waals surface area contributed by atoms with Gasteiger partial charge in [-0.25, -0.2) is 0 Å². The fourth-order valence-corrected chi connectivity index (χ4v) is 7.28. The van der Waals surface area contributed by atoms with Crippen molar-refractivity contribution in [1.82, 2.24) is 0 Å². The summed E-state index contributed by atoms with van der Waals surface area (Å²) in [7, 11) is -0.854. The predicted octanol–water partition coefficient (Wildman–Crippen LogP) is 6.33. The Morgan fingerprint density at radius 2 is 0.889 bits per heavy atom. The van der Waals surface area contributed by atoms with Gasteiger partial charge in [-0.2, -0.15) is 0 Å². The van der Waals surface area contributed by atoms with E-state index in [2.05, 4.69) is 27.7 Å². The van der Waals surface area contributed by atoms with Crippen molar-refractivity contribution >= 4 is 7.26 Å². The van der Waals surface area contributed by atoms with Crippen molar-refractivity contribution in [1.29, 1.82) is 0 Å². The Bertz CT molecular complexity index is 161. The van der Waals surface area contributed by atoms with E-state index in [0.717, 1.165) is 0 Å². The second-order valence-electron chi connectivity index (χ2n) is 6.18. The Labute approximate surface area is 118 Å². The molecule has 0 rings (SSSR count). The van der Waals surface area contributed by atoms with Crippen LogP contribution in [0.3, 0.4) is 0 Å². The topological polar surface area (TPSA) is 0 Å². The Kier molecular flexibility index (Phi) is 12.8. The third-order valence-electron chi connectivity index (χ3n) is 4.87. The SMILES string of the molecule is CCCCCCC[PH](CC)(CC)CCCCCC. The van der Waals surface area contributed by atoms with Crippen molar-refractivity contribution in [2.24, 2.45) is 0 Å². The summed E-state index contributed by atoms with van der Waals surface area (Å²) in [6.45, 7) is 9.58. The molecule has 0 aromatic heterocycles. The van der Waals surface area contributed by atoms with Crippen LogP contribution < -0.4 is 0 Å². The maximum atomic E-state index is 2.47. The van der Waals surface area contributed by atoms with Crippen LogP contribution in [0.5, 0.6) is 0 Å². The summed E-state index contributed by atoms with van der Waals surface area (Å²) in [5.74, 6) is 0. The van der Waals surface area contributed by atoms with Crippen LogP contribution in [-0.2, 0) is 0 Å². The van der Waals surface area contributed by atoms with Gasteiger partial charge < -0.3 is 0 Å². The quantitative estimate of drug-likeness (QED) is 0.272. The van der Waals surface area contributed by atoms with Crippen molar-refractivity contribution in [2.75, 3.05) is 24.6 Å². The molecule has 0 aliphatic rings. The van der Waals surface area contributed by atoms with Gasteiger partial charge in [0.2, 0.25) is 0 Å². The molecule has 0 aromatic carbocycles. The molecule has 0 saturated carbocycles. The number of hydrogen-bond acceptors (Lipinski definition) is 0. The van der Waals surface area contributed by atoms with Crippen LogP contribution in [-0.4, -0.2) is 24.6 Å². The van der Waals surface area contributed by atoms with Crippen molar-refractivity contribution < 1.29 is 0 Å². The molecule has 0 aliphatic heterocycles. The van der Waals surface area contributed by atoms with Crippen LogP contribution in [0.1, 0.15) is 85.5 Å². The van der Waals surface area contributed by atoms with Crippen molar-refractivity contribution in [3.8, 4) is 0 Å². The van der Waals surface area contributed by atoms with Crippen molar-refractivity contribution in [3.63, 3.8) is 0 Å². The van der Waals surface area contributed by atoms with E-state index < -0.39 is 7.26 Å². The molecule has 18 heavy (non-hydrogen) atoms. The molecule has 0 radical (unpaired) electrons. The first kappa shape index (κ1) is 18.4. The van der Waals surface area contributed by atoms with E-state index in [-0.39, 0.29) is 0 Å². The van der Waals surface area contributed by atoms with Crippen LogP contribution in [0, 0.1) is 0 Å². The van der Waals surface area contributed by atoms with Gasteiger partial charge in [0.1, 0.15) is 0 Å². The van der Waals surface area contributed by atoms with Crippen molar-refractivity contribution in [2.45, 2.75) is 85.5 Å². The fraction of sp³-hybridized carbons (Fsp3) is 1.00. The molecule has 0 N–H and O–H groups in total. The molecular weight excluding hydrogens is 235 g/mol. The summed E-state index contributed by atoms with van der Waals surface area (Å²) in [6.07, 6.45) is 19.5. The van der Waals surface area contributed by atoms with Gasteiger partial charge in [-0.3, -0.25) is 0 Å². The average molecular weight is 274 g/mol. The molecule has 0 fully saturated rings. The van der Waals surface area contributed by atoms with E-state index in [1.54, 1.807) is 12.3 Å². The molecule has 0 bridgehead atoms. The molecule has 0 nitrogen and oxygen atoms in total. The first-order valence-corrected chi connectivity index (χ1v) is 11.6. The third kappa shape index (κ3) is 8.52. The van der Waals surface area contributed by atoms with E-state index in [4.69, 9.17) is 0 Å². The van der Waals surface area contributed by atoms with Crippen LogP contribution in [0.15, 0.2) is 0 Å². The molecule has 0 saturated heterocycles. The molecule has 0 amide bonds. The van der Waals surface area contributed by atoms with Gasteiger partial charge in [0, 0.05) is 0 Å². The maximum absolute atomic E-state index is 2.47. The van der Waals surface area contributed by atoms with E-state index in [1.165, 1.54) is 70.1 Å². The van der Waals surface area contributed by atoms with Crippen LogP contribution >= 0.6 is 7.26 Å². The number of unbranched alkanes of at least 4 members (excludes halogenated alkanes) is 7. The van der Waals surface area contributed by atoms with Gasteiger partial charge >= 0.3 is 117 Å². The normalized spacial score (nSPS) is 12.9. The zero-order chi connectivity index (χ0) is 13.7. The minimum absolute atomic E-state index is 0.854. The standard InChI is InChI=1S/C17H39P/c1-5-9-11-13-15-17-18(7-3,8-4)16-14-12-10-6-2/h18H,5-17H2,1-4H3. The summed E-state index contributed by atoms with van der Waals surface area (Å²) >= 11 is 0. The molecular formula is C17H39P. The summed E-state index contributed by atoms with van der Waals surface area (Å²) in [4.78, 5) is 0. The Balaban J connectivity index is 3.85. The minimum atomic E-state index is -0.854. The van der Waals surface area contributed by atoms with E-state index in [1.807, 2.05) is 0 Å². The first-order chi connectivity index (χ1) is 8.74. The van der Waals surface area contributed by atoms with Gasteiger partial charge in [0.15, 0.2) is 0 Å². The summed E-state index contributed by atoms with van der Waals surface area (Å²) < 4.78 is 0. The van der Waals surface area contributed by atoms with Gasteiger partial charge in [0.25, 0.3) is 0 Å². The summed E-state index contributed by atoms with van der Waals surface area (Å²) in [6, 6.07) is 0. The van der Waals surface area contributed by atoms with Crippen LogP contribution in [0.25, 0.3) is 0 Å². The molecule has 0 spiro atoms. The molecule has 112 valence electrons. The van der Waals surface area contributed by atoms with E-state index in [9.17, 15) is 0 Å². The van der Waals surface area contributed by atoms with Gasteiger partial charge in [-0.05, 0) is 0 Å². The predicted molar refractivity (Wildman–Crippen MR) is 92.0 cm³/mol. The molecule has 0 aromatic rings. The number of rotatable bonds is 13. The Morgan fingerprint density at radius 1 is 0.500 bits per heavy atom. The molecule has 1 heteroatoms. The van der Waals surface area contributed by atoms with Gasteiger partial charge in [-0.1, -0.05) is 0 Å². The van der Waals surface area contributed by atoms with Gasteiger partial charge in [0.05, 0.1) is 0 Å². The monoisotopic (exact) mass is 274 g/mol. The third-order valence-corrected chi connectivity index (χ3v) is 10.7. The van der Waals surface area contributed by atoms with Crippen LogP contribution in [0.4, 0.5) is 0 Å². The molecule has 0 atom stereocenters. The molecule has 0 aliphatic carbocycles. The Hall–Kier alpha value is 0.430. The first-order valence-electron chi connectivity index (χ1n) is 8.74. The average Bonchev–Trinajstić information content (AvgIpc) is 2.41. The second kappa shape index (κ2) is 12.5. The number of hydrogen-bond donors (Lipinski definition) is 0.